The Morgan fingerprint density at radius 2 is 1.55 bits per heavy atom. The largest absolute Gasteiger partial charge is 0.508 e. The molecule has 1 N–H and O–H groups in total. The van der Waals surface area contributed by atoms with Crippen LogP contribution in [0.2, 0.25) is 0 Å². The highest BCUT2D eigenvalue weighted by Crippen LogP contribution is 2.35. The average molecular weight is 292 g/mol. The Bertz CT molecular complexity index is 619. The third-order valence-corrected chi connectivity index (χ3v) is 4.84. The van der Waals surface area contributed by atoms with E-state index in [4.69, 9.17) is 0 Å². The van der Waals surface area contributed by atoms with E-state index in [0.29, 0.717) is 11.7 Å². The Morgan fingerprint density at radius 1 is 0.955 bits per heavy atom. The lowest BCUT2D eigenvalue weighted by atomic mass is 9.87. The molecule has 1 saturated carbocycles. The van der Waals surface area contributed by atoms with Crippen LogP contribution in [0.5, 0.6) is 5.75 Å². The van der Waals surface area contributed by atoms with Crippen LogP contribution < -0.4 is 0 Å². The molecule has 114 valence electrons. The molecule has 0 bridgehead atoms. The van der Waals surface area contributed by atoms with Gasteiger partial charge in [0.15, 0.2) is 0 Å². The van der Waals surface area contributed by atoms with Crippen molar-refractivity contribution in [2.75, 3.05) is 0 Å². The molecule has 0 aliphatic heterocycles. The molecule has 3 rings (SSSR count). The second-order valence-corrected chi connectivity index (χ2v) is 6.40. The number of phenols is 1. The van der Waals surface area contributed by atoms with Crippen LogP contribution in [0, 0.1) is 11.8 Å². The van der Waals surface area contributed by atoms with Gasteiger partial charge in [-0.3, -0.25) is 0 Å². The molecule has 1 unspecified atom stereocenters. The van der Waals surface area contributed by atoms with Gasteiger partial charge in [0.1, 0.15) is 5.75 Å². The van der Waals surface area contributed by atoms with E-state index in [1.807, 2.05) is 12.1 Å². The Labute approximate surface area is 133 Å². The number of phenolic OH excluding ortho intramolecular Hbond substituents is 1. The minimum absolute atomic E-state index is 0.319. The molecular formula is C21H24O. The van der Waals surface area contributed by atoms with Gasteiger partial charge in [-0.15, -0.1) is 0 Å². The summed E-state index contributed by atoms with van der Waals surface area (Å²) in [6.45, 7) is 2.35. The molecule has 22 heavy (non-hydrogen) atoms. The lowest BCUT2D eigenvalue weighted by molar-refractivity contribution is 0.435. The van der Waals surface area contributed by atoms with E-state index in [1.165, 1.54) is 42.4 Å². The van der Waals surface area contributed by atoms with E-state index in [0.717, 1.165) is 5.92 Å². The van der Waals surface area contributed by atoms with Crippen molar-refractivity contribution < 1.29 is 5.11 Å². The molecule has 2 aromatic carbocycles. The van der Waals surface area contributed by atoms with Gasteiger partial charge in [-0.2, -0.15) is 0 Å². The van der Waals surface area contributed by atoms with E-state index in [2.05, 4.69) is 43.3 Å². The van der Waals surface area contributed by atoms with Gasteiger partial charge in [-0.05, 0) is 53.5 Å². The fourth-order valence-corrected chi connectivity index (χ4v) is 3.50. The first-order chi connectivity index (χ1) is 10.7. The van der Waals surface area contributed by atoms with Gasteiger partial charge >= 0.3 is 0 Å². The molecule has 0 amide bonds. The predicted molar refractivity (Wildman–Crippen MR) is 92.7 cm³/mol. The monoisotopic (exact) mass is 292 g/mol. The highest BCUT2D eigenvalue weighted by Gasteiger charge is 2.20. The summed E-state index contributed by atoms with van der Waals surface area (Å²) in [4.78, 5) is 0. The van der Waals surface area contributed by atoms with E-state index in [1.54, 1.807) is 12.1 Å². The van der Waals surface area contributed by atoms with Gasteiger partial charge in [0.2, 0.25) is 0 Å². The molecule has 2 aromatic rings. The Kier molecular flexibility index (Phi) is 4.62. The van der Waals surface area contributed by atoms with Crippen molar-refractivity contribution in [1.82, 2.24) is 0 Å². The highest BCUT2D eigenvalue weighted by atomic mass is 16.3. The van der Waals surface area contributed by atoms with Gasteiger partial charge in [-0.25, -0.2) is 0 Å². The molecule has 0 radical (unpaired) electrons. The molecule has 1 nitrogen and oxygen atoms in total. The lowest BCUT2D eigenvalue weighted by Crippen LogP contribution is -2.05. The maximum absolute atomic E-state index is 9.54. The van der Waals surface area contributed by atoms with E-state index < -0.39 is 0 Å². The summed E-state index contributed by atoms with van der Waals surface area (Å²) in [5.41, 5.74) is 3.70. The first kappa shape index (κ1) is 14.9. The quantitative estimate of drug-likeness (QED) is 0.772. The van der Waals surface area contributed by atoms with Gasteiger partial charge in [-0.1, -0.05) is 68.3 Å². The fourth-order valence-electron chi connectivity index (χ4n) is 3.50. The normalized spacial score (nSPS) is 17.6. The highest BCUT2D eigenvalue weighted by molar-refractivity contribution is 5.80. The molecule has 0 heterocycles. The SMILES string of the molecule is CC(C=C(c1ccccc1)c1ccc(O)cc1)C1CCCC1. The third kappa shape index (κ3) is 3.41. The lowest BCUT2D eigenvalue weighted by Gasteiger charge is -2.18. The van der Waals surface area contributed by atoms with Gasteiger partial charge in [0.25, 0.3) is 0 Å². The van der Waals surface area contributed by atoms with E-state index >= 15 is 0 Å². The molecule has 1 aliphatic rings. The zero-order valence-electron chi connectivity index (χ0n) is 13.2. The second kappa shape index (κ2) is 6.83. The minimum atomic E-state index is 0.319. The smallest absolute Gasteiger partial charge is 0.115 e. The van der Waals surface area contributed by atoms with Crippen molar-refractivity contribution in [3.05, 3.63) is 71.8 Å². The molecule has 0 saturated heterocycles. The number of allylic oxidation sites excluding steroid dienone is 1. The van der Waals surface area contributed by atoms with Crippen molar-refractivity contribution in [1.29, 1.82) is 0 Å². The average Bonchev–Trinajstić information content (AvgIpc) is 3.09. The minimum Gasteiger partial charge on any atom is -0.508 e. The number of benzene rings is 2. The number of aromatic hydroxyl groups is 1. The third-order valence-electron chi connectivity index (χ3n) is 4.84. The first-order valence-electron chi connectivity index (χ1n) is 8.30. The van der Waals surface area contributed by atoms with Crippen molar-refractivity contribution in [3.63, 3.8) is 0 Å². The van der Waals surface area contributed by atoms with E-state index in [9.17, 15) is 5.11 Å². The topological polar surface area (TPSA) is 20.2 Å². The zero-order valence-corrected chi connectivity index (χ0v) is 13.2. The predicted octanol–water partition coefficient (Wildman–Crippen LogP) is 5.65. The number of rotatable bonds is 4. The fraction of sp³-hybridized carbons (Fsp3) is 0.333. The molecule has 0 spiro atoms. The summed E-state index contributed by atoms with van der Waals surface area (Å²) < 4.78 is 0. The van der Waals surface area contributed by atoms with Crippen LogP contribution in [-0.4, -0.2) is 5.11 Å². The summed E-state index contributed by atoms with van der Waals surface area (Å²) in [6.07, 6.45) is 7.90. The van der Waals surface area contributed by atoms with Crippen LogP contribution >= 0.6 is 0 Å². The standard InChI is InChI=1S/C21H24O/c1-16(17-7-5-6-8-17)15-21(18-9-3-2-4-10-18)19-11-13-20(22)14-12-19/h2-4,9-17,22H,5-8H2,1H3. The Morgan fingerprint density at radius 3 is 2.18 bits per heavy atom. The van der Waals surface area contributed by atoms with Gasteiger partial charge in [0, 0.05) is 0 Å². The van der Waals surface area contributed by atoms with Crippen LogP contribution in [0.25, 0.3) is 5.57 Å². The molecule has 1 atom stereocenters. The van der Waals surface area contributed by atoms with Crippen molar-refractivity contribution in [3.8, 4) is 5.75 Å². The molecule has 1 aliphatic carbocycles. The maximum atomic E-state index is 9.54. The molecule has 0 aromatic heterocycles. The zero-order chi connectivity index (χ0) is 15.4. The van der Waals surface area contributed by atoms with Crippen molar-refractivity contribution in [2.24, 2.45) is 11.8 Å². The van der Waals surface area contributed by atoms with Crippen molar-refractivity contribution >= 4 is 5.57 Å². The van der Waals surface area contributed by atoms with E-state index in [-0.39, 0.29) is 0 Å². The summed E-state index contributed by atoms with van der Waals surface area (Å²) in [7, 11) is 0. The van der Waals surface area contributed by atoms with Crippen LogP contribution in [0.3, 0.4) is 0 Å². The van der Waals surface area contributed by atoms with Crippen molar-refractivity contribution in [2.45, 2.75) is 32.6 Å². The maximum Gasteiger partial charge on any atom is 0.115 e. The number of hydrogen-bond acceptors (Lipinski definition) is 1. The summed E-state index contributed by atoms with van der Waals surface area (Å²) in [5.74, 6) is 1.72. The Hall–Kier alpha value is -2.02. The second-order valence-electron chi connectivity index (χ2n) is 6.40. The molecule has 1 fully saturated rings. The summed E-state index contributed by atoms with van der Waals surface area (Å²) in [5, 5.41) is 9.54. The van der Waals surface area contributed by atoms with Crippen LogP contribution in [0.4, 0.5) is 0 Å². The number of hydrogen-bond donors (Lipinski definition) is 1. The van der Waals surface area contributed by atoms with Gasteiger partial charge < -0.3 is 5.11 Å². The Balaban J connectivity index is 1.97. The first-order valence-corrected chi connectivity index (χ1v) is 8.30. The summed E-state index contributed by atoms with van der Waals surface area (Å²) >= 11 is 0. The molecular weight excluding hydrogens is 268 g/mol. The summed E-state index contributed by atoms with van der Waals surface area (Å²) in [6, 6.07) is 18.1. The van der Waals surface area contributed by atoms with Crippen LogP contribution in [0.1, 0.15) is 43.7 Å². The van der Waals surface area contributed by atoms with Crippen LogP contribution in [0.15, 0.2) is 60.7 Å². The molecule has 1 heteroatoms. The van der Waals surface area contributed by atoms with Gasteiger partial charge in [0.05, 0.1) is 0 Å². The van der Waals surface area contributed by atoms with Crippen LogP contribution in [-0.2, 0) is 0 Å².